The van der Waals surface area contributed by atoms with E-state index in [1.54, 1.807) is 36.4 Å². The molecule has 0 atom stereocenters. The first-order valence-electron chi connectivity index (χ1n) is 6.69. The fourth-order valence-electron chi connectivity index (χ4n) is 1.86. The molecule has 8 heteroatoms. The first-order valence-corrected chi connectivity index (χ1v) is 8.51. The van der Waals surface area contributed by atoms with Gasteiger partial charge in [-0.1, -0.05) is 18.2 Å². The molecule has 0 spiro atoms. The first-order chi connectivity index (χ1) is 10.8. The van der Waals surface area contributed by atoms with Crippen LogP contribution in [-0.4, -0.2) is 26.2 Å². The van der Waals surface area contributed by atoms with Crippen molar-refractivity contribution in [2.24, 2.45) is 0 Å². The Kier molecular flexibility index (Phi) is 5.17. The summed E-state index contributed by atoms with van der Waals surface area (Å²) in [6, 6.07) is 12.6. The van der Waals surface area contributed by atoms with E-state index in [1.807, 2.05) is 0 Å². The van der Waals surface area contributed by atoms with Crippen LogP contribution in [0.5, 0.6) is 11.5 Å². The van der Waals surface area contributed by atoms with E-state index in [-0.39, 0.29) is 11.4 Å². The van der Waals surface area contributed by atoms with E-state index < -0.39 is 15.0 Å². The molecule has 0 saturated heterocycles. The van der Waals surface area contributed by atoms with Crippen molar-refractivity contribution in [3.63, 3.8) is 0 Å². The maximum Gasteiger partial charge on any atom is 0.306 e. The summed E-state index contributed by atoms with van der Waals surface area (Å²) >= 11 is 0. The minimum Gasteiger partial charge on any atom is -0.493 e. The molecule has 0 bridgehead atoms. The van der Waals surface area contributed by atoms with Gasteiger partial charge in [0, 0.05) is 12.5 Å². The number of benzene rings is 2. The van der Waals surface area contributed by atoms with Crippen LogP contribution in [-0.2, 0) is 16.5 Å². The van der Waals surface area contributed by atoms with E-state index in [0.29, 0.717) is 18.8 Å². The number of ether oxygens (including phenoxy) is 1. The Morgan fingerprint density at radius 3 is 2.39 bits per heavy atom. The lowest BCUT2D eigenvalue weighted by molar-refractivity contribution is -0.384. The summed E-state index contributed by atoms with van der Waals surface area (Å²) in [5.74, 6) is 0.673. The summed E-state index contributed by atoms with van der Waals surface area (Å²) in [5, 5.41) is 10.7. The molecule has 2 aromatic carbocycles. The second kappa shape index (κ2) is 7.10. The van der Waals surface area contributed by atoms with E-state index in [9.17, 15) is 18.5 Å². The third-order valence-corrected chi connectivity index (χ3v) is 3.35. The minimum atomic E-state index is -3.53. The van der Waals surface area contributed by atoms with Crippen molar-refractivity contribution >= 4 is 15.8 Å². The zero-order valence-electron chi connectivity index (χ0n) is 12.3. The van der Waals surface area contributed by atoms with Crippen LogP contribution < -0.4 is 8.92 Å². The fourth-order valence-corrected chi connectivity index (χ4v) is 2.32. The fraction of sp³-hybridized carbons (Fsp3) is 0.200. The molecular weight excluding hydrogens is 322 g/mol. The zero-order chi connectivity index (χ0) is 16.9. The maximum atomic E-state index is 11.0. The van der Waals surface area contributed by atoms with Gasteiger partial charge in [-0.2, -0.15) is 8.42 Å². The summed E-state index contributed by atoms with van der Waals surface area (Å²) in [6.07, 6.45) is 1.55. The average Bonchev–Trinajstić information content (AvgIpc) is 2.48. The highest BCUT2D eigenvalue weighted by Gasteiger charge is 2.07. The molecule has 23 heavy (non-hydrogen) atoms. The molecule has 0 fully saturated rings. The predicted molar refractivity (Wildman–Crippen MR) is 84.2 cm³/mol. The summed E-state index contributed by atoms with van der Waals surface area (Å²) < 4.78 is 32.2. The normalized spacial score (nSPS) is 11.0. The van der Waals surface area contributed by atoms with Crippen molar-refractivity contribution in [2.45, 2.75) is 6.42 Å². The largest absolute Gasteiger partial charge is 0.493 e. The predicted octanol–water partition coefficient (Wildman–Crippen LogP) is 2.55. The molecule has 0 unspecified atom stereocenters. The summed E-state index contributed by atoms with van der Waals surface area (Å²) in [7, 11) is -3.53. The number of nitrogens with zero attached hydrogens (tertiary/aromatic N) is 1. The van der Waals surface area contributed by atoms with Gasteiger partial charge in [-0.05, 0) is 23.8 Å². The molecule has 0 saturated carbocycles. The van der Waals surface area contributed by atoms with Gasteiger partial charge in [-0.15, -0.1) is 0 Å². The van der Waals surface area contributed by atoms with Crippen LogP contribution in [0.25, 0.3) is 0 Å². The zero-order valence-corrected chi connectivity index (χ0v) is 13.2. The number of rotatable bonds is 7. The first kappa shape index (κ1) is 16.8. The monoisotopic (exact) mass is 337 g/mol. The van der Waals surface area contributed by atoms with E-state index in [0.717, 1.165) is 11.8 Å². The molecule has 0 aliphatic carbocycles. The lowest BCUT2D eigenvalue weighted by Crippen LogP contribution is -2.06. The van der Waals surface area contributed by atoms with Gasteiger partial charge in [0.2, 0.25) is 0 Å². The Morgan fingerprint density at radius 1 is 1.09 bits per heavy atom. The van der Waals surface area contributed by atoms with E-state index in [1.165, 1.54) is 12.1 Å². The number of hydrogen-bond donors (Lipinski definition) is 0. The van der Waals surface area contributed by atoms with Gasteiger partial charge < -0.3 is 8.92 Å². The van der Waals surface area contributed by atoms with Crippen molar-refractivity contribution in [3.05, 3.63) is 64.2 Å². The quantitative estimate of drug-likeness (QED) is 0.438. The Balaban J connectivity index is 1.89. The Bertz CT molecular complexity index is 786. The van der Waals surface area contributed by atoms with Crippen molar-refractivity contribution in [1.82, 2.24) is 0 Å². The summed E-state index contributed by atoms with van der Waals surface area (Å²) in [4.78, 5) is 10.2. The lowest BCUT2D eigenvalue weighted by Gasteiger charge is -2.07. The van der Waals surface area contributed by atoms with Crippen LogP contribution >= 0.6 is 0 Å². The molecule has 2 aromatic rings. The molecule has 0 N–H and O–H groups in total. The van der Waals surface area contributed by atoms with Crippen molar-refractivity contribution < 1.29 is 22.3 Å². The molecule has 0 heterocycles. The van der Waals surface area contributed by atoms with Crippen molar-refractivity contribution in [3.8, 4) is 11.5 Å². The lowest BCUT2D eigenvalue weighted by atomic mass is 10.1. The number of non-ortho nitro benzene ring substituents is 1. The van der Waals surface area contributed by atoms with Gasteiger partial charge in [-0.25, -0.2) is 0 Å². The third-order valence-electron chi connectivity index (χ3n) is 2.86. The summed E-state index contributed by atoms with van der Waals surface area (Å²) in [6.45, 7) is 0.341. The Morgan fingerprint density at radius 2 is 1.78 bits per heavy atom. The van der Waals surface area contributed by atoms with E-state index in [2.05, 4.69) is 0 Å². The standard InChI is InChI=1S/C15H15NO6S/c1-23(19,20)22-14-7-5-12(6-8-14)9-10-21-15-4-2-3-13(11-15)16(17)18/h2-8,11H,9-10H2,1H3. The van der Waals surface area contributed by atoms with Crippen LogP contribution in [0.1, 0.15) is 5.56 Å². The van der Waals surface area contributed by atoms with Crippen molar-refractivity contribution in [1.29, 1.82) is 0 Å². The van der Waals surface area contributed by atoms with Gasteiger partial charge in [0.25, 0.3) is 5.69 Å². The van der Waals surface area contributed by atoms with Crippen LogP contribution in [0, 0.1) is 10.1 Å². The average molecular weight is 337 g/mol. The van der Waals surface area contributed by atoms with Crippen LogP contribution in [0.4, 0.5) is 5.69 Å². The molecule has 122 valence electrons. The SMILES string of the molecule is CS(=O)(=O)Oc1ccc(CCOc2cccc([N+](=O)[O-])c2)cc1. The van der Waals surface area contributed by atoms with Gasteiger partial charge in [-0.3, -0.25) is 10.1 Å². The van der Waals surface area contributed by atoms with Crippen LogP contribution in [0.2, 0.25) is 0 Å². The molecule has 0 aliphatic heterocycles. The Labute approximate surface area is 133 Å². The van der Waals surface area contributed by atoms with Crippen LogP contribution in [0.15, 0.2) is 48.5 Å². The number of nitro groups is 1. The molecule has 0 amide bonds. The Hall–Kier alpha value is -2.61. The molecule has 0 radical (unpaired) electrons. The van der Waals surface area contributed by atoms with Gasteiger partial charge in [0.05, 0.1) is 23.9 Å². The maximum absolute atomic E-state index is 11.0. The second-order valence-corrected chi connectivity index (χ2v) is 6.36. The molecule has 7 nitrogen and oxygen atoms in total. The highest BCUT2D eigenvalue weighted by molar-refractivity contribution is 7.86. The van der Waals surface area contributed by atoms with E-state index in [4.69, 9.17) is 8.92 Å². The topological polar surface area (TPSA) is 95.7 Å². The highest BCUT2D eigenvalue weighted by Crippen LogP contribution is 2.19. The number of hydrogen-bond acceptors (Lipinski definition) is 6. The molecule has 2 rings (SSSR count). The van der Waals surface area contributed by atoms with Gasteiger partial charge >= 0.3 is 10.1 Å². The molecular formula is C15H15NO6S. The second-order valence-electron chi connectivity index (χ2n) is 4.78. The van der Waals surface area contributed by atoms with Crippen LogP contribution in [0.3, 0.4) is 0 Å². The van der Waals surface area contributed by atoms with E-state index >= 15 is 0 Å². The van der Waals surface area contributed by atoms with Gasteiger partial charge in [0.1, 0.15) is 11.5 Å². The molecule has 0 aliphatic rings. The highest BCUT2D eigenvalue weighted by atomic mass is 32.2. The number of nitro benzene ring substituents is 1. The minimum absolute atomic E-state index is 0.0234. The summed E-state index contributed by atoms with van der Waals surface area (Å²) in [5.41, 5.74) is 0.904. The molecule has 0 aromatic heterocycles. The van der Waals surface area contributed by atoms with Gasteiger partial charge in [0.15, 0.2) is 0 Å². The third kappa shape index (κ3) is 5.59. The smallest absolute Gasteiger partial charge is 0.306 e. The van der Waals surface area contributed by atoms with Crippen molar-refractivity contribution in [2.75, 3.05) is 12.9 Å².